The molecule has 8 heteroatoms. The van der Waals surface area contributed by atoms with Gasteiger partial charge in [-0.1, -0.05) is 11.6 Å². The molecule has 2 aromatic heterocycles. The highest BCUT2D eigenvalue weighted by molar-refractivity contribution is 14.0. The van der Waals surface area contributed by atoms with Gasteiger partial charge in [0.25, 0.3) is 0 Å². The number of thiophene rings is 1. The monoisotopic (exact) mass is 481 g/mol. The van der Waals surface area contributed by atoms with Crippen LogP contribution in [0.25, 0.3) is 0 Å². The molecule has 1 N–H and O–H groups in total. The molecule has 0 fully saturated rings. The van der Waals surface area contributed by atoms with E-state index in [2.05, 4.69) is 35.2 Å². The summed E-state index contributed by atoms with van der Waals surface area (Å²) in [4.78, 5) is 8.11. The highest BCUT2D eigenvalue weighted by Crippen LogP contribution is 2.22. The van der Waals surface area contributed by atoms with Crippen molar-refractivity contribution in [3.8, 4) is 0 Å². The van der Waals surface area contributed by atoms with Gasteiger partial charge in [-0.3, -0.25) is 4.68 Å². The van der Waals surface area contributed by atoms with E-state index < -0.39 is 0 Å². The zero-order valence-electron chi connectivity index (χ0n) is 14.8. The second-order valence-corrected chi connectivity index (χ2v) is 7.30. The Kier molecular flexibility index (Phi) is 8.52. The molecule has 0 aromatic carbocycles. The molecule has 0 spiro atoms. The van der Waals surface area contributed by atoms with E-state index in [0.717, 1.165) is 34.8 Å². The van der Waals surface area contributed by atoms with Gasteiger partial charge in [0.15, 0.2) is 5.96 Å². The van der Waals surface area contributed by atoms with Gasteiger partial charge in [0, 0.05) is 36.8 Å². The first-order valence-corrected chi connectivity index (χ1v) is 8.84. The minimum absolute atomic E-state index is 0. The van der Waals surface area contributed by atoms with E-state index in [0.29, 0.717) is 6.54 Å². The fourth-order valence-corrected chi connectivity index (χ4v) is 3.56. The van der Waals surface area contributed by atoms with Crippen LogP contribution in [0.4, 0.5) is 0 Å². The number of hydrogen-bond acceptors (Lipinski definition) is 3. The molecule has 0 amide bonds. The van der Waals surface area contributed by atoms with Crippen LogP contribution in [0.3, 0.4) is 0 Å². The molecule has 2 aromatic rings. The summed E-state index contributed by atoms with van der Waals surface area (Å²) < 4.78 is 2.72. The van der Waals surface area contributed by atoms with E-state index in [4.69, 9.17) is 16.6 Å². The lowest BCUT2D eigenvalue weighted by Crippen LogP contribution is -2.38. The third kappa shape index (κ3) is 5.35. The smallest absolute Gasteiger partial charge is 0.194 e. The Morgan fingerprint density at radius 2 is 2.12 bits per heavy atom. The highest BCUT2D eigenvalue weighted by atomic mass is 127. The van der Waals surface area contributed by atoms with Crippen molar-refractivity contribution >= 4 is 52.9 Å². The number of aliphatic imine (C=N–C) groups is 1. The molecule has 2 rings (SSSR count). The van der Waals surface area contributed by atoms with Crippen molar-refractivity contribution in [2.75, 3.05) is 13.6 Å². The van der Waals surface area contributed by atoms with Crippen LogP contribution in [0, 0.1) is 13.8 Å². The molecule has 0 aliphatic rings. The first-order chi connectivity index (χ1) is 10.9. The fraction of sp³-hybridized carbons (Fsp3) is 0.500. The second-order valence-electron chi connectivity index (χ2n) is 5.51. The summed E-state index contributed by atoms with van der Waals surface area (Å²) in [6.45, 7) is 8.43. The topological polar surface area (TPSA) is 45.5 Å². The molecule has 2 heterocycles. The Morgan fingerprint density at radius 3 is 2.62 bits per heavy atom. The first kappa shape index (κ1) is 21.2. The lowest BCUT2D eigenvalue weighted by molar-refractivity contribution is 0.481. The summed E-state index contributed by atoms with van der Waals surface area (Å²) >= 11 is 7.61. The van der Waals surface area contributed by atoms with Crippen molar-refractivity contribution in [2.24, 2.45) is 12.0 Å². The van der Waals surface area contributed by atoms with Crippen LogP contribution in [0.5, 0.6) is 0 Å². The summed E-state index contributed by atoms with van der Waals surface area (Å²) in [7, 11) is 4.01. The van der Waals surface area contributed by atoms with E-state index in [1.54, 1.807) is 11.3 Å². The Labute approximate surface area is 170 Å². The van der Waals surface area contributed by atoms with Gasteiger partial charge in [0.05, 0.1) is 23.1 Å². The molecule has 0 radical (unpaired) electrons. The maximum atomic E-state index is 6.01. The Bertz CT molecular complexity index is 695. The lowest BCUT2D eigenvalue weighted by atomic mass is 10.2. The highest BCUT2D eigenvalue weighted by Gasteiger charge is 2.11. The minimum atomic E-state index is 0. The number of aromatic nitrogens is 2. The van der Waals surface area contributed by atoms with Gasteiger partial charge in [-0.05, 0) is 32.9 Å². The average molecular weight is 482 g/mol. The maximum absolute atomic E-state index is 6.01. The van der Waals surface area contributed by atoms with Crippen LogP contribution >= 0.6 is 46.9 Å². The number of aryl methyl sites for hydroxylation is 2. The van der Waals surface area contributed by atoms with Crippen molar-refractivity contribution in [3.63, 3.8) is 0 Å². The molecule has 0 saturated heterocycles. The third-order valence-corrected chi connectivity index (χ3v) is 4.98. The minimum Gasteiger partial charge on any atom is -0.357 e. The van der Waals surface area contributed by atoms with E-state index in [1.807, 2.05) is 31.8 Å². The quantitative estimate of drug-likeness (QED) is 0.399. The largest absolute Gasteiger partial charge is 0.357 e. The van der Waals surface area contributed by atoms with Gasteiger partial charge in [0.2, 0.25) is 0 Å². The van der Waals surface area contributed by atoms with Gasteiger partial charge >= 0.3 is 0 Å². The summed E-state index contributed by atoms with van der Waals surface area (Å²) in [6, 6.07) is 3.99. The van der Waals surface area contributed by atoms with Crippen LogP contribution in [0.1, 0.15) is 28.8 Å². The molecule has 0 unspecified atom stereocenters. The van der Waals surface area contributed by atoms with Crippen LogP contribution in [0.2, 0.25) is 4.34 Å². The molecule has 5 nitrogen and oxygen atoms in total. The van der Waals surface area contributed by atoms with E-state index in [1.165, 1.54) is 10.4 Å². The molecule has 0 aliphatic heterocycles. The zero-order valence-corrected chi connectivity index (χ0v) is 18.7. The van der Waals surface area contributed by atoms with Gasteiger partial charge in [-0.25, -0.2) is 4.99 Å². The summed E-state index contributed by atoms with van der Waals surface area (Å²) in [5.74, 6) is 0.889. The standard InChI is InChI=1S/C16H24ClN5S.HI/c1-6-18-16(21(4)10-13-7-8-15(17)23-13)19-9-14-11(2)20-22(5)12(14)3;/h7-8H,6,9-10H2,1-5H3,(H,18,19);1H. The third-order valence-electron chi connectivity index (χ3n) is 3.76. The summed E-state index contributed by atoms with van der Waals surface area (Å²) in [5, 5.41) is 7.80. The number of halogens is 2. The van der Waals surface area contributed by atoms with Crippen molar-refractivity contribution < 1.29 is 0 Å². The number of nitrogens with zero attached hydrogens (tertiary/aromatic N) is 4. The van der Waals surface area contributed by atoms with E-state index in [-0.39, 0.29) is 24.0 Å². The SMILES string of the molecule is CCNC(=NCc1c(C)nn(C)c1C)N(C)Cc1ccc(Cl)s1.I. The van der Waals surface area contributed by atoms with Gasteiger partial charge in [0.1, 0.15) is 0 Å². The molecule has 0 aliphatic carbocycles. The number of hydrogen-bond donors (Lipinski definition) is 1. The fourth-order valence-electron chi connectivity index (χ4n) is 2.42. The van der Waals surface area contributed by atoms with E-state index >= 15 is 0 Å². The number of rotatable bonds is 5. The second kappa shape index (κ2) is 9.62. The first-order valence-electron chi connectivity index (χ1n) is 7.65. The predicted molar refractivity (Wildman–Crippen MR) is 114 cm³/mol. The van der Waals surface area contributed by atoms with Crippen LogP contribution in [-0.2, 0) is 20.1 Å². The zero-order chi connectivity index (χ0) is 17.0. The van der Waals surface area contributed by atoms with Crippen molar-refractivity contribution in [1.29, 1.82) is 0 Å². The molecule has 24 heavy (non-hydrogen) atoms. The van der Waals surface area contributed by atoms with Gasteiger partial charge < -0.3 is 10.2 Å². The Morgan fingerprint density at radius 1 is 1.42 bits per heavy atom. The number of nitrogens with one attached hydrogen (secondary N) is 1. The van der Waals surface area contributed by atoms with Crippen LogP contribution < -0.4 is 5.32 Å². The molecule has 0 saturated carbocycles. The van der Waals surface area contributed by atoms with Crippen LogP contribution in [0.15, 0.2) is 17.1 Å². The average Bonchev–Trinajstić information content (AvgIpc) is 3.00. The van der Waals surface area contributed by atoms with Gasteiger partial charge in [-0.15, -0.1) is 35.3 Å². The van der Waals surface area contributed by atoms with Crippen molar-refractivity contribution in [2.45, 2.75) is 33.9 Å². The van der Waals surface area contributed by atoms with E-state index in [9.17, 15) is 0 Å². The molecule has 0 atom stereocenters. The lowest BCUT2D eigenvalue weighted by Gasteiger charge is -2.21. The van der Waals surface area contributed by atoms with Crippen molar-refractivity contribution in [3.05, 3.63) is 38.3 Å². The predicted octanol–water partition coefficient (Wildman–Crippen LogP) is 3.97. The Balaban J connectivity index is 0.00000288. The molecular weight excluding hydrogens is 457 g/mol. The van der Waals surface area contributed by atoms with Crippen LogP contribution in [-0.4, -0.2) is 34.2 Å². The van der Waals surface area contributed by atoms with Crippen molar-refractivity contribution in [1.82, 2.24) is 20.0 Å². The number of guanidine groups is 1. The normalized spacial score (nSPS) is 11.3. The molecule has 134 valence electrons. The molecular formula is C16H25ClIN5S. The van der Waals surface area contributed by atoms with Gasteiger partial charge in [-0.2, -0.15) is 5.10 Å². The summed E-state index contributed by atoms with van der Waals surface area (Å²) in [5.41, 5.74) is 3.39. The Hall–Kier alpha value is -0.800. The molecule has 0 bridgehead atoms. The summed E-state index contributed by atoms with van der Waals surface area (Å²) in [6.07, 6.45) is 0. The maximum Gasteiger partial charge on any atom is 0.194 e.